The molecule has 0 aliphatic carbocycles. The van der Waals surface area contributed by atoms with Crippen molar-refractivity contribution in [2.24, 2.45) is 0 Å². The van der Waals surface area contributed by atoms with Crippen LogP contribution >= 0.6 is 11.7 Å². The van der Waals surface area contributed by atoms with Crippen LogP contribution in [0.15, 0.2) is 152 Å². The molecule has 5 nitrogen and oxygen atoms in total. The van der Waals surface area contributed by atoms with Gasteiger partial charge in [-0.05, 0) is 53.6 Å². The van der Waals surface area contributed by atoms with Crippen molar-refractivity contribution in [3.63, 3.8) is 0 Å². The first-order valence-electron chi connectivity index (χ1n) is 15.2. The molecule has 0 saturated carbocycles. The van der Waals surface area contributed by atoms with E-state index < -0.39 is 0 Å². The zero-order valence-electron chi connectivity index (χ0n) is 24.6. The SMILES string of the molecule is c1ccc(-c2cc(-c3cccc(-c4cccc(-n5c6ccccc6c6cc7nsnc7cc65)c4)c3)nc(-c3ccccc3)n2)cc1. The minimum Gasteiger partial charge on any atom is -0.309 e. The lowest BCUT2D eigenvalue weighted by Gasteiger charge is -2.12. The average molecular weight is 608 g/mol. The molecule has 6 heteroatoms. The summed E-state index contributed by atoms with van der Waals surface area (Å²) in [5.74, 6) is 0.708. The van der Waals surface area contributed by atoms with Gasteiger partial charge in [-0.3, -0.25) is 0 Å². The normalized spacial score (nSPS) is 11.5. The number of hydrogen-bond acceptors (Lipinski definition) is 5. The number of rotatable bonds is 5. The molecule has 216 valence electrons. The van der Waals surface area contributed by atoms with Crippen LogP contribution in [-0.2, 0) is 0 Å². The number of para-hydroxylation sites is 1. The smallest absolute Gasteiger partial charge is 0.160 e. The molecule has 9 rings (SSSR count). The first-order valence-corrected chi connectivity index (χ1v) is 15.9. The van der Waals surface area contributed by atoms with Gasteiger partial charge >= 0.3 is 0 Å². The first kappa shape index (κ1) is 26.4. The summed E-state index contributed by atoms with van der Waals surface area (Å²) in [6.07, 6.45) is 0. The van der Waals surface area contributed by atoms with Gasteiger partial charge in [0.15, 0.2) is 5.82 Å². The van der Waals surface area contributed by atoms with Crippen LogP contribution in [0, 0.1) is 0 Å². The summed E-state index contributed by atoms with van der Waals surface area (Å²) < 4.78 is 11.4. The van der Waals surface area contributed by atoms with E-state index in [9.17, 15) is 0 Å². The van der Waals surface area contributed by atoms with E-state index in [4.69, 9.17) is 9.97 Å². The van der Waals surface area contributed by atoms with Gasteiger partial charge in [0.1, 0.15) is 11.0 Å². The fourth-order valence-electron chi connectivity index (χ4n) is 6.28. The number of fused-ring (bicyclic) bond motifs is 4. The number of nitrogens with zero attached hydrogens (tertiary/aromatic N) is 5. The molecule has 46 heavy (non-hydrogen) atoms. The Balaban J connectivity index is 1.18. The Morgan fingerprint density at radius 1 is 0.413 bits per heavy atom. The summed E-state index contributed by atoms with van der Waals surface area (Å²) in [6, 6.07) is 52.8. The topological polar surface area (TPSA) is 56.5 Å². The first-order chi connectivity index (χ1) is 22.8. The molecule has 3 aromatic heterocycles. The lowest BCUT2D eigenvalue weighted by Crippen LogP contribution is -1.96. The average Bonchev–Trinajstić information content (AvgIpc) is 3.73. The molecular formula is C40H25N5S. The van der Waals surface area contributed by atoms with Crippen molar-refractivity contribution >= 4 is 44.6 Å². The van der Waals surface area contributed by atoms with Gasteiger partial charge in [0.05, 0.1) is 34.1 Å². The Hall–Kier alpha value is -5.98. The molecule has 0 saturated heterocycles. The molecule has 0 aliphatic heterocycles. The van der Waals surface area contributed by atoms with Crippen LogP contribution < -0.4 is 0 Å². The van der Waals surface area contributed by atoms with Crippen LogP contribution in [-0.4, -0.2) is 23.3 Å². The Kier molecular flexibility index (Phi) is 6.25. The third-order valence-corrected chi connectivity index (χ3v) is 9.03. The second-order valence-electron chi connectivity index (χ2n) is 11.3. The minimum atomic E-state index is 0.708. The van der Waals surface area contributed by atoms with E-state index in [-0.39, 0.29) is 0 Å². The molecule has 6 aromatic carbocycles. The summed E-state index contributed by atoms with van der Waals surface area (Å²) in [6.45, 7) is 0. The van der Waals surface area contributed by atoms with Gasteiger partial charge in [0.2, 0.25) is 0 Å². The van der Waals surface area contributed by atoms with Crippen molar-refractivity contribution in [3.05, 3.63) is 152 Å². The molecule has 0 N–H and O–H groups in total. The number of hydrogen-bond donors (Lipinski definition) is 0. The van der Waals surface area contributed by atoms with Crippen molar-refractivity contribution in [1.82, 2.24) is 23.3 Å². The van der Waals surface area contributed by atoms with E-state index in [1.54, 1.807) is 0 Å². The van der Waals surface area contributed by atoms with Crippen LogP contribution in [0.25, 0.3) is 83.6 Å². The third-order valence-electron chi connectivity index (χ3n) is 8.47. The van der Waals surface area contributed by atoms with Gasteiger partial charge in [-0.15, -0.1) is 0 Å². The maximum atomic E-state index is 5.06. The van der Waals surface area contributed by atoms with Crippen LogP contribution in [0.5, 0.6) is 0 Å². The zero-order chi connectivity index (χ0) is 30.5. The number of aromatic nitrogens is 5. The zero-order valence-corrected chi connectivity index (χ0v) is 25.4. The molecule has 0 atom stereocenters. The molecule has 9 aromatic rings. The monoisotopic (exact) mass is 607 g/mol. The third kappa shape index (κ3) is 4.55. The molecular weight excluding hydrogens is 583 g/mol. The highest BCUT2D eigenvalue weighted by Crippen LogP contribution is 2.36. The standard InChI is InChI=1S/C40H25N5S/c1-3-11-26(12-4-1)34-24-35(42-40(41-34)27-13-5-2-6-14-27)30-17-9-15-28(21-30)29-16-10-18-31(22-29)45-38-20-8-7-19-32(38)33-23-36-37(25-39(33)45)44-46-43-36/h1-25H. The lowest BCUT2D eigenvalue weighted by molar-refractivity contribution is 1.18. The summed E-state index contributed by atoms with van der Waals surface area (Å²) in [5, 5.41) is 2.38. The lowest BCUT2D eigenvalue weighted by atomic mass is 10.00. The van der Waals surface area contributed by atoms with Crippen LogP contribution in [0.3, 0.4) is 0 Å². The fourth-order valence-corrected chi connectivity index (χ4v) is 6.79. The Bertz CT molecular complexity index is 2480. The fraction of sp³-hybridized carbons (Fsp3) is 0. The molecule has 0 spiro atoms. The molecule has 3 heterocycles. The summed E-state index contributed by atoms with van der Waals surface area (Å²) in [5.41, 5.74) is 12.3. The quantitative estimate of drug-likeness (QED) is 0.195. The molecule has 0 aliphatic rings. The van der Waals surface area contributed by atoms with Crippen LogP contribution in [0.1, 0.15) is 0 Å². The maximum Gasteiger partial charge on any atom is 0.160 e. The summed E-state index contributed by atoms with van der Waals surface area (Å²) in [7, 11) is 0. The van der Waals surface area contributed by atoms with Crippen molar-refractivity contribution in [3.8, 4) is 50.7 Å². The van der Waals surface area contributed by atoms with E-state index in [0.717, 1.165) is 67.0 Å². The number of benzene rings is 6. The van der Waals surface area contributed by atoms with Gasteiger partial charge in [0, 0.05) is 33.2 Å². The van der Waals surface area contributed by atoms with Crippen molar-refractivity contribution in [2.45, 2.75) is 0 Å². The highest BCUT2D eigenvalue weighted by molar-refractivity contribution is 7.00. The van der Waals surface area contributed by atoms with E-state index in [2.05, 4.69) is 129 Å². The van der Waals surface area contributed by atoms with Crippen LogP contribution in [0.2, 0.25) is 0 Å². The largest absolute Gasteiger partial charge is 0.309 e. The van der Waals surface area contributed by atoms with Crippen molar-refractivity contribution < 1.29 is 0 Å². The van der Waals surface area contributed by atoms with E-state index in [0.29, 0.717) is 5.82 Å². The second kappa shape index (κ2) is 10.9. The predicted octanol–water partition coefficient (Wildman–Crippen LogP) is 10.2. The van der Waals surface area contributed by atoms with E-state index in [1.165, 1.54) is 22.5 Å². The van der Waals surface area contributed by atoms with Gasteiger partial charge in [-0.2, -0.15) is 8.75 Å². The second-order valence-corrected chi connectivity index (χ2v) is 11.8. The van der Waals surface area contributed by atoms with Crippen molar-refractivity contribution in [1.29, 1.82) is 0 Å². The Morgan fingerprint density at radius 2 is 1.02 bits per heavy atom. The van der Waals surface area contributed by atoms with Gasteiger partial charge in [0.25, 0.3) is 0 Å². The van der Waals surface area contributed by atoms with Gasteiger partial charge < -0.3 is 4.57 Å². The Morgan fingerprint density at radius 3 is 1.83 bits per heavy atom. The van der Waals surface area contributed by atoms with Crippen molar-refractivity contribution in [2.75, 3.05) is 0 Å². The molecule has 0 bridgehead atoms. The molecule has 0 radical (unpaired) electrons. The van der Waals surface area contributed by atoms with E-state index >= 15 is 0 Å². The predicted molar refractivity (Wildman–Crippen MR) is 189 cm³/mol. The maximum absolute atomic E-state index is 5.06. The molecule has 0 fully saturated rings. The summed E-state index contributed by atoms with van der Waals surface area (Å²) in [4.78, 5) is 10.0. The highest BCUT2D eigenvalue weighted by atomic mass is 32.1. The van der Waals surface area contributed by atoms with Crippen LogP contribution in [0.4, 0.5) is 0 Å². The van der Waals surface area contributed by atoms with Gasteiger partial charge in [-0.1, -0.05) is 109 Å². The van der Waals surface area contributed by atoms with Gasteiger partial charge in [-0.25, -0.2) is 9.97 Å². The molecule has 0 amide bonds. The summed E-state index contributed by atoms with van der Waals surface area (Å²) >= 11 is 1.25. The molecule has 0 unspecified atom stereocenters. The highest BCUT2D eigenvalue weighted by Gasteiger charge is 2.16. The Labute approximate surface area is 269 Å². The minimum absolute atomic E-state index is 0.708. The van der Waals surface area contributed by atoms with E-state index in [1.807, 2.05) is 36.4 Å².